The number of likely N-dealkylation sites (tertiary alicyclic amines) is 1. The number of piperidine rings is 1. The third-order valence-corrected chi connectivity index (χ3v) is 4.27. The van der Waals surface area contributed by atoms with E-state index in [4.69, 9.17) is 0 Å². The second-order valence-corrected chi connectivity index (χ2v) is 5.95. The zero-order chi connectivity index (χ0) is 15.9. The Morgan fingerprint density at radius 3 is 2.95 bits per heavy atom. The van der Waals surface area contributed by atoms with Crippen LogP contribution in [0.15, 0.2) is 30.9 Å². The van der Waals surface area contributed by atoms with Gasteiger partial charge in [0.15, 0.2) is 0 Å². The summed E-state index contributed by atoms with van der Waals surface area (Å²) in [5.74, 6) is -0.448. The Hall–Kier alpha value is -1.71. The third kappa shape index (κ3) is 4.65. The number of aryl methyl sites for hydroxylation is 1. The molecule has 1 aliphatic rings. The smallest absolute Gasteiger partial charge is 0.222 e. The summed E-state index contributed by atoms with van der Waals surface area (Å²) in [6.45, 7) is 5.20. The van der Waals surface area contributed by atoms with E-state index < -0.39 is 11.6 Å². The predicted molar refractivity (Wildman–Crippen MR) is 83.4 cm³/mol. The van der Waals surface area contributed by atoms with Crippen molar-refractivity contribution in [2.75, 3.05) is 13.1 Å². The lowest BCUT2D eigenvalue weighted by molar-refractivity contribution is -0.132. The topological polar surface area (TPSA) is 20.3 Å². The van der Waals surface area contributed by atoms with Crippen LogP contribution in [0.25, 0.3) is 0 Å². The second-order valence-electron chi connectivity index (χ2n) is 5.95. The molecule has 2 nitrogen and oxygen atoms in total. The van der Waals surface area contributed by atoms with E-state index >= 15 is 0 Å². The van der Waals surface area contributed by atoms with Crippen molar-refractivity contribution in [3.05, 3.63) is 48.1 Å². The highest BCUT2D eigenvalue weighted by molar-refractivity contribution is 5.76. The van der Waals surface area contributed by atoms with Crippen molar-refractivity contribution in [2.45, 2.75) is 38.5 Å². The minimum absolute atomic E-state index is 0.178. The molecule has 1 unspecified atom stereocenters. The molecule has 0 N–H and O–H groups in total. The third-order valence-electron chi connectivity index (χ3n) is 4.27. The predicted octanol–water partition coefficient (Wildman–Crippen LogP) is 4.10. The first kappa shape index (κ1) is 16.7. The molecule has 22 heavy (non-hydrogen) atoms. The van der Waals surface area contributed by atoms with E-state index in [-0.39, 0.29) is 5.91 Å². The van der Waals surface area contributed by atoms with Crippen molar-refractivity contribution < 1.29 is 13.6 Å². The van der Waals surface area contributed by atoms with E-state index in [1.807, 2.05) is 4.90 Å². The molecule has 1 amide bonds. The van der Waals surface area contributed by atoms with Gasteiger partial charge in [0.05, 0.1) is 0 Å². The van der Waals surface area contributed by atoms with Crippen LogP contribution < -0.4 is 0 Å². The highest BCUT2D eigenvalue weighted by atomic mass is 19.1. The highest BCUT2D eigenvalue weighted by Crippen LogP contribution is 2.23. The molecule has 1 atom stereocenters. The van der Waals surface area contributed by atoms with Gasteiger partial charge in [0.25, 0.3) is 0 Å². The summed E-state index contributed by atoms with van der Waals surface area (Å²) in [5.41, 5.74) is 0.552. The Balaban J connectivity index is 1.85. The standard InChI is InChI=1S/C18H23F2NO/c1-2-3-6-18(22)21-11-4-5-14(13-21)7-8-15-9-10-16(19)12-17(15)20/h2,9-10,12,14H,1,3-8,11,13H2. The van der Waals surface area contributed by atoms with E-state index in [0.717, 1.165) is 38.4 Å². The lowest BCUT2D eigenvalue weighted by Gasteiger charge is -2.33. The lowest BCUT2D eigenvalue weighted by Crippen LogP contribution is -2.39. The van der Waals surface area contributed by atoms with Crippen molar-refractivity contribution in [1.29, 1.82) is 0 Å². The molecule has 4 heteroatoms. The molecule has 1 aliphatic heterocycles. The van der Waals surface area contributed by atoms with Crippen molar-refractivity contribution >= 4 is 5.91 Å². The summed E-state index contributed by atoms with van der Waals surface area (Å²) in [7, 11) is 0. The average molecular weight is 307 g/mol. The van der Waals surface area contributed by atoms with Crippen LogP contribution in [0, 0.1) is 17.6 Å². The SMILES string of the molecule is C=CCCC(=O)N1CCCC(CCc2ccc(F)cc2F)C1. The van der Waals surface area contributed by atoms with E-state index in [9.17, 15) is 13.6 Å². The number of nitrogens with zero attached hydrogens (tertiary/aromatic N) is 1. The second kappa shape index (κ2) is 8.06. The first-order valence-electron chi connectivity index (χ1n) is 7.92. The maximum absolute atomic E-state index is 13.6. The monoisotopic (exact) mass is 307 g/mol. The number of rotatable bonds is 6. The summed E-state index contributed by atoms with van der Waals surface area (Å²) in [6, 6.07) is 3.74. The Bertz CT molecular complexity index is 530. The number of benzene rings is 1. The minimum Gasteiger partial charge on any atom is -0.342 e. The molecular weight excluding hydrogens is 284 g/mol. The van der Waals surface area contributed by atoms with Gasteiger partial charge in [-0.15, -0.1) is 6.58 Å². The van der Waals surface area contributed by atoms with Crippen LogP contribution in [0.5, 0.6) is 0 Å². The normalized spacial score (nSPS) is 18.3. The van der Waals surface area contributed by atoms with Crippen molar-refractivity contribution in [2.24, 2.45) is 5.92 Å². The fourth-order valence-corrected chi connectivity index (χ4v) is 2.99. The first-order valence-corrected chi connectivity index (χ1v) is 7.92. The molecule has 120 valence electrons. The van der Waals surface area contributed by atoms with Gasteiger partial charge in [-0.1, -0.05) is 12.1 Å². The zero-order valence-corrected chi connectivity index (χ0v) is 12.9. The lowest BCUT2D eigenvalue weighted by atomic mass is 9.91. The molecule has 1 saturated heterocycles. The molecule has 0 aromatic heterocycles. The van der Waals surface area contributed by atoms with Crippen LogP contribution in [0.4, 0.5) is 8.78 Å². The number of allylic oxidation sites excluding steroid dienone is 1. The number of amides is 1. The van der Waals surface area contributed by atoms with E-state index in [1.165, 1.54) is 12.1 Å². The van der Waals surface area contributed by atoms with E-state index in [1.54, 1.807) is 6.08 Å². The molecule has 1 fully saturated rings. The van der Waals surface area contributed by atoms with Crippen molar-refractivity contribution in [3.63, 3.8) is 0 Å². The molecule has 1 aromatic carbocycles. The van der Waals surface area contributed by atoms with Gasteiger partial charge in [0.1, 0.15) is 11.6 Å². The Kier molecular flexibility index (Phi) is 6.10. The highest BCUT2D eigenvalue weighted by Gasteiger charge is 2.23. The number of hydrogen-bond acceptors (Lipinski definition) is 1. The van der Waals surface area contributed by atoms with Gasteiger partial charge in [-0.2, -0.15) is 0 Å². The van der Waals surface area contributed by atoms with Crippen LogP contribution in [-0.2, 0) is 11.2 Å². The number of hydrogen-bond donors (Lipinski definition) is 0. The largest absolute Gasteiger partial charge is 0.342 e. The molecule has 0 aliphatic carbocycles. The van der Waals surface area contributed by atoms with Crippen LogP contribution in [0.1, 0.15) is 37.7 Å². The molecule has 2 rings (SSSR count). The van der Waals surface area contributed by atoms with Crippen LogP contribution in [0.3, 0.4) is 0 Å². The van der Waals surface area contributed by atoms with Crippen LogP contribution in [-0.4, -0.2) is 23.9 Å². The molecule has 0 spiro atoms. The van der Waals surface area contributed by atoms with Gasteiger partial charge in [-0.05, 0) is 49.7 Å². The maximum atomic E-state index is 13.6. The van der Waals surface area contributed by atoms with E-state index in [2.05, 4.69) is 6.58 Å². The number of carbonyl (C=O) groups excluding carboxylic acids is 1. The van der Waals surface area contributed by atoms with Gasteiger partial charge < -0.3 is 4.90 Å². The molecule has 1 heterocycles. The molecular formula is C18H23F2NO. The first-order chi connectivity index (χ1) is 10.6. The fraction of sp³-hybridized carbons (Fsp3) is 0.500. The Labute approximate surface area is 130 Å². The van der Waals surface area contributed by atoms with Gasteiger partial charge in [0.2, 0.25) is 5.91 Å². The fourth-order valence-electron chi connectivity index (χ4n) is 2.99. The Morgan fingerprint density at radius 2 is 2.23 bits per heavy atom. The summed E-state index contributed by atoms with van der Waals surface area (Å²) < 4.78 is 26.5. The van der Waals surface area contributed by atoms with Gasteiger partial charge in [-0.3, -0.25) is 4.79 Å². The average Bonchev–Trinajstić information content (AvgIpc) is 2.52. The summed E-state index contributed by atoms with van der Waals surface area (Å²) in [5, 5.41) is 0. The molecule has 1 aromatic rings. The molecule has 0 saturated carbocycles. The summed E-state index contributed by atoms with van der Waals surface area (Å²) in [4.78, 5) is 14.0. The van der Waals surface area contributed by atoms with Crippen LogP contribution in [0.2, 0.25) is 0 Å². The summed E-state index contributed by atoms with van der Waals surface area (Å²) >= 11 is 0. The quantitative estimate of drug-likeness (QED) is 0.725. The van der Waals surface area contributed by atoms with E-state index in [0.29, 0.717) is 30.7 Å². The minimum atomic E-state index is -0.544. The Morgan fingerprint density at radius 1 is 1.41 bits per heavy atom. The molecule has 0 bridgehead atoms. The van der Waals surface area contributed by atoms with Crippen molar-refractivity contribution in [3.8, 4) is 0 Å². The number of carbonyl (C=O) groups is 1. The number of halogens is 2. The molecule has 0 radical (unpaired) electrons. The van der Waals surface area contributed by atoms with Gasteiger partial charge in [-0.25, -0.2) is 8.78 Å². The van der Waals surface area contributed by atoms with Gasteiger partial charge >= 0.3 is 0 Å². The van der Waals surface area contributed by atoms with Crippen molar-refractivity contribution in [1.82, 2.24) is 4.90 Å². The zero-order valence-electron chi connectivity index (χ0n) is 12.9. The van der Waals surface area contributed by atoms with Crippen LogP contribution >= 0.6 is 0 Å². The van der Waals surface area contributed by atoms with Gasteiger partial charge in [0, 0.05) is 25.6 Å². The summed E-state index contributed by atoms with van der Waals surface area (Å²) in [6.07, 6.45) is 6.46. The maximum Gasteiger partial charge on any atom is 0.222 e.